The number of hydrogen-bond donors (Lipinski definition) is 1. The van der Waals surface area contributed by atoms with Crippen LogP contribution in [0.25, 0.3) is 0 Å². The third kappa shape index (κ3) is 19.5. The normalized spacial score (nSPS) is 10.4. The van der Waals surface area contributed by atoms with Crippen LogP contribution in [0.1, 0.15) is 123 Å². The van der Waals surface area contributed by atoms with Gasteiger partial charge in [-0.15, -0.1) is 11.8 Å². The Kier molecular flexibility index (Phi) is 24.2. The van der Waals surface area contributed by atoms with Crippen molar-refractivity contribution in [1.29, 1.82) is 0 Å². The first-order valence-corrected chi connectivity index (χ1v) is 13.7. The van der Waals surface area contributed by atoms with E-state index < -0.39 is 0 Å². The Morgan fingerprint density at radius 1 is 0.735 bits per heavy atom. The van der Waals surface area contributed by atoms with Crippen molar-refractivity contribution in [3.63, 3.8) is 0 Å². The van der Waals surface area contributed by atoms with Gasteiger partial charge < -0.3 is 14.6 Å². The van der Waals surface area contributed by atoms with Crippen molar-refractivity contribution in [2.24, 2.45) is 0 Å². The minimum Gasteiger partial charge on any atom is -0.490 e. The molecule has 1 rings (SSSR count). The topological polar surface area (TPSA) is 38.7 Å². The molecule has 0 atom stereocenters. The molecule has 0 radical (unpaired) electrons. The van der Waals surface area contributed by atoms with Crippen molar-refractivity contribution < 1.29 is 14.6 Å². The number of benzene rings is 1. The summed E-state index contributed by atoms with van der Waals surface area (Å²) in [5, 5.41) is 9.43. The van der Waals surface area contributed by atoms with Crippen molar-refractivity contribution in [1.82, 2.24) is 0 Å². The lowest BCUT2D eigenvalue weighted by molar-refractivity contribution is 0.254. The quantitative estimate of drug-likeness (QED) is 0.117. The van der Waals surface area contributed by atoms with Crippen molar-refractivity contribution in [2.45, 2.75) is 124 Å². The maximum atomic E-state index is 9.43. The van der Waals surface area contributed by atoms with Gasteiger partial charge in [-0.25, -0.2) is 0 Å². The fourth-order valence-corrected chi connectivity index (χ4v) is 3.54. The van der Waals surface area contributed by atoms with Crippen LogP contribution >= 0.6 is 0 Å². The molecule has 0 fully saturated rings. The van der Waals surface area contributed by atoms with Gasteiger partial charge in [-0.2, -0.15) is 0 Å². The molecule has 1 N–H and O–H groups in total. The third-order valence-electron chi connectivity index (χ3n) is 5.70. The Morgan fingerprint density at radius 2 is 1.26 bits per heavy atom. The molecule has 0 unspecified atom stereocenters. The van der Waals surface area contributed by atoms with Gasteiger partial charge in [-0.3, -0.25) is 0 Å². The lowest BCUT2D eigenvalue weighted by Crippen LogP contribution is -2.03. The first-order valence-electron chi connectivity index (χ1n) is 13.7. The zero-order chi connectivity index (χ0) is 25.1. The van der Waals surface area contributed by atoms with E-state index in [0.717, 1.165) is 36.5 Å². The van der Waals surface area contributed by atoms with E-state index in [1.807, 2.05) is 32.0 Å². The number of aliphatic hydroxyl groups excluding tert-OH is 1. The van der Waals surface area contributed by atoms with Gasteiger partial charge in [0.25, 0.3) is 0 Å². The molecule has 194 valence electrons. The summed E-state index contributed by atoms with van der Waals surface area (Å²) in [6.07, 6.45) is 22.0. The average Bonchev–Trinajstić information content (AvgIpc) is 2.87. The molecule has 0 aliphatic rings. The van der Waals surface area contributed by atoms with Gasteiger partial charge in [-0.05, 0) is 64.2 Å². The van der Waals surface area contributed by atoms with E-state index in [2.05, 4.69) is 37.8 Å². The fourth-order valence-electron chi connectivity index (χ4n) is 3.54. The van der Waals surface area contributed by atoms with Crippen LogP contribution in [-0.2, 0) is 6.61 Å². The summed E-state index contributed by atoms with van der Waals surface area (Å²) in [4.78, 5) is 0. The number of rotatable bonds is 20. The van der Waals surface area contributed by atoms with E-state index in [9.17, 15) is 5.11 Å². The summed E-state index contributed by atoms with van der Waals surface area (Å²) in [5.74, 6) is 6.94. The molecule has 0 saturated carbocycles. The van der Waals surface area contributed by atoms with Crippen LogP contribution in [-0.4, -0.2) is 18.3 Å². The highest BCUT2D eigenvalue weighted by Gasteiger charge is 2.07. The third-order valence-corrected chi connectivity index (χ3v) is 5.70. The molecule has 0 amide bonds. The summed E-state index contributed by atoms with van der Waals surface area (Å²) < 4.78 is 12.0. The van der Waals surface area contributed by atoms with E-state index in [-0.39, 0.29) is 6.61 Å². The van der Waals surface area contributed by atoms with Crippen LogP contribution < -0.4 is 9.47 Å². The molecule has 1 aromatic rings. The van der Waals surface area contributed by atoms with Crippen LogP contribution in [0.2, 0.25) is 0 Å². The van der Waals surface area contributed by atoms with Crippen LogP contribution in [0.5, 0.6) is 11.5 Å². The summed E-state index contributed by atoms with van der Waals surface area (Å²) in [7, 11) is 0. The number of hydrogen-bond acceptors (Lipinski definition) is 3. The monoisotopic (exact) mass is 472 g/mol. The predicted molar refractivity (Wildman–Crippen MR) is 148 cm³/mol. The van der Waals surface area contributed by atoms with E-state index in [1.54, 1.807) is 0 Å². The second-order valence-electron chi connectivity index (χ2n) is 8.74. The highest BCUT2D eigenvalue weighted by molar-refractivity contribution is 5.42. The first-order chi connectivity index (χ1) is 16.7. The van der Waals surface area contributed by atoms with Gasteiger partial charge in [0, 0.05) is 0 Å². The lowest BCUT2D eigenvalue weighted by atomic mass is 10.1. The van der Waals surface area contributed by atoms with Gasteiger partial charge in [0.2, 0.25) is 0 Å². The van der Waals surface area contributed by atoms with Gasteiger partial charge in [0.1, 0.15) is 0 Å². The van der Waals surface area contributed by atoms with Crippen LogP contribution in [0.4, 0.5) is 0 Å². The Balaban J connectivity index is 0.00000251. The Morgan fingerprint density at radius 3 is 1.79 bits per heavy atom. The van der Waals surface area contributed by atoms with Crippen LogP contribution in [0, 0.1) is 11.8 Å². The number of allylic oxidation sites excluding steroid dienone is 2. The minimum atomic E-state index is 0.0299. The van der Waals surface area contributed by atoms with Gasteiger partial charge in [-0.1, -0.05) is 89.4 Å². The maximum Gasteiger partial charge on any atom is 0.161 e. The van der Waals surface area contributed by atoms with E-state index in [0.29, 0.717) is 6.61 Å². The zero-order valence-electron chi connectivity index (χ0n) is 22.7. The number of aliphatic hydroxyl groups is 1. The highest BCUT2D eigenvalue weighted by Crippen LogP contribution is 2.29. The molecule has 3 heteroatoms. The molecule has 0 aliphatic heterocycles. The standard InChI is InChI=1S/C27H46O3.C4H6/c1-3-5-7-9-11-12-14-16-17-21-29-26-20-19-25(24-28)23-27(26)30-22-18-15-13-10-8-6-4-2;1-3-4-2/h3,5,19-20,23,28H,4,6-18,21-22,24H2,1-2H3;1-2H3/b5-3-;. The molecular formula is C31H52O3. The molecule has 0 spiro atoms. The largest absolute Gasteiger partial charge is 0.490 e. The number of ether oxygens (including phenoxy) is 2. The smallest absolute Gasteiger partial charge is 0.161 e. The van der Waals surface area contributed by atoms with Crippen molar-refractivity contribution in [2.75, 3.05) is 13.2 Å². The molecule has 3 nitrogen and oxygen atoms in total. The van der Waals surface area contributed by atoms with E-state index in [1.165, 1.54) is 77.0 Å². The second kappa shape index (κ2) is 25.7. The van der Waals surface area contributed by atoms with Crippen LogP contribution in [0.15, 0.2) is 30.4 Å². The Bertz CT molecular complexity index is 648. The molecule has 0 bridgehead atoms. The van der Waals surface area contributed by atoms with E-state index >= 15 is 0 Å². The average molecular weight is 473 g/mol. The Labute approximate surface area is 211 Å². The highest BCUT2D eigenvalue weighted by atomic mass is 16.5. The minimum absolute atomic E-state index is 0.0299. The first kappa shape index (κ1) is 32.1. The summed E-state index contributed by atoms with van der Waals surface area (Å²) >= 11 is 0. The zero-order valence-corrected chi connectivity index (χ0v) is 22.7. The molecule has 34 heavy (non-hydrogen) atoms. The summed E-state index contributed by atoms with van der Waals surface area (Å²) in [6.45, 7) is 9.45. The molecular weight excluding hydrogens is 420 g/mol. The van der Waals surface area contributed by atoms with Crippen molar-refractivity contribution >= 4 is 0 Å². The fraction of sp³-hybridized carbons (Fsp3) is 0.677. The van der Waals surface area contributed by atoms with Crippen molar-refractivity contribution in [3.05, 3.63) is 35.9 Å². The molecule has 0 aliphatic carbocycles. The Hall–Kier alpha value is -1.92. The van der Waals surface area contributed by atoms with Gasteiger partial charge >= 0.3 is 0 Å². The second-order valence-corrected chi connectivity index (χ2v) is 8.74. The predicted octanol–water partition coefficient (Wildman–Crippen LogP) is 9.02. The lowest BCUT2D eigenvalue weighted by Gasteiger charge is -2.14. The molecule has 1 aromatic carbocycles. The van der Waals surface area contributed by atoms with Gasteiger partial charge in [0.15, 0.2) is 11.5 Å². The van der Waals surface area contributed by atoms with E-state index in [4.69, 9.17) is 9.47 Å². The van der Waals surface area contributed by atoms with Crippen molar-refractivity contribution in [3.8, 4) is 23.3 Å². The summed E-state index contributed by atoms with van der Waals surface area (Å²) in [6, 6.07) is 5.77. The number of unbranched alkanes of at least 4 members (excludes halogenated alkanes) is 12. The van der Waals surface area contributed by atoms with Gasteiger partial charge in [0.05, 0.1) is 19.8 Å². The molecule has 0 heterocycles. The molecule has 0 saturated heterocycles. The van der Waals surface area contributed by atoms with Crippen LogP contribution in [0.3, 0.4) is 0 Å². The maximum absolute atomic E-state index is 9.43. The molecule has 0 aromatic heterocycles. The summed E-state index contributed by atoms with van der Waals surface area (Å²) in [5.41, 5.74) is 0.870. The SMILES string of the molecule is C/C=C\CCCCCCCCOc1ccc(CO)cc1OCCCCCCCCC.CC#CC.